The fourth-order valence-electron chi connectivity index (χ4n) is 4.89. The highest BCUT2D eigenvalue weighted by Gasteiger charge is 2.34. The lowest BCUT2D eigenvalue weighted by Gasteiger charge is -2.17. The van der Waals surface area contributed by atoms with Gasteiger partial charge >= 0.3 is 0 Å². The molecule has 0 amide bonds. The number of nitrogens with zero attached hydrogens (tertiary/aromatic N) is 3. The van der Waals surface area contributed by atoms with Crippen LogP contribution in [0.25, 0.3) is 11.2 Å². The van der Waals surface area contributed by atoms with E-state index in [0.717, 1.165) is 45.5 Å². The second-order valence-electron chi connectivity index (χ2n) is 9.07. The summed E-state index contributed by atoms with van der Waals surface area (Å²) in [5.41, 5.74) is 6.77. The van der Waals surface area contributed by atoms with Crippen LogP contribution in [0.5, 0.6) is 5.75 Å². The summed E-state index contributed by atoms with van der Waals surface area (Å²) < 4.78 is 22.8. The lowest BCUT2D eigenvalue weighted by molar-refractivity contribution is 0.212. The second-order valence-corrected chi connectivity index (χ2v) is 9.92. The van der Waals surface area contributed by atoms with Crippen LogP contribution in [0.2, 0.25) is 0 Å². The van der Waals surface area contributed by atoms with Crippen molar-refractivity contribution in [3.63, 3.8) is 0 Å². The maximum atomic E-state index is 14.0. The second kappa shape index (κ2) is 8.33. The highest BCUT2D eigenvalue weighted by molar-refractivity contribution is 9.10. The van der Waals surface area contributed by atoms with Crippen LogP contribution >= 0.6 is 15.9 Å². The Balaban J connectivity index is 1.49. The highest BCUT2D eigenvalue weighted by atomic mass is 79.9. The van der Waals surface area contributed by atoms with Gasteiger partial charge in [0.15, 0.2) is 5.65 Å². The van der Waals surface area contributed by atoms with Gasteiger partial charge in [0.1, 0.15) is 24.3 Å². The maximum Gasteiger partial charge on any atom is 0.151 e. The van der Waals surface area contributed by atoms with E-state index in [1.54, 1.807) is 13.0 Å². The van der Waals surface area contributed by atoms with Gasteiger partial charge in [0.25, 0.3) is 0 Å². The number of aliphatic hydroxyl groups excluding tert-OH is 1. The number of allylic oxidation sites excluding steroid dienone is 1. The highest BCUT2D eigenvalue weighted by Crippen LogP contribution is 2.45. The third-order valence-corrected chi connectivity index (χ3v) is 7.36. The topological polar surface area (TPSA) is 70.5 Å². The Kier molecular flexibility index (Phi) is 5.24. The van der Waals surface area contributed by atoms with Gasteiger partial charge in [-0.2, -0.15) is 5.26 Å². The first kappa shape index (κ1) is 22.0. The summed E-state index contributed by atoms with van der Waals surface area (Å²) in [6.45, 7) is 1.95. The van der Waals surface area contributed by atoms with E-state index in [1.165, 1.54) is 12.1 Å². The quantitative estimate of drug-likeness (QED) is 0.310. The number of fused-ring (bicyclic) bond motifs is 3. The zero-order valence-corrected chi connectivity index (χ0v) is 20.5. The predicted octanol–water partition coefficient (Wildman–Crippen LogP) is 6.43. The molecule has 1 unspecified atom stereocenters. The first-order chi connectivity index (χ1) is 17.0. The van der Waals surface area contributed by atoms with E-state index in [1.807, 2.05) is 40.9 Å². The van der Waals surface area contributed by atoms with Crippen molar-refractivity contribution in [2.45, 2.75) is 38.4 Å². The molecule has 1 saturated carbocycles. The van der Waals surface area contributed by atoms with Gasteiger partial charge in [-0.05, 0) is 82.7 Å². The molecule has 1 N–H and O–H groups in total. The largest absolute Gasteiger partial charge is 0.488 e. The molecule has 5 nitrogen and oxygen atoms in total. The van der Waals surface area contributed by atoms with Crippen LogP contribution in [0.1, 0.15) is 65.4 Å². The third kappa shape index (κ3) is 3.65. The molecule has 2 aromatic heterocycles. The van der Waals surface area contributed by atoms with Crippen LogP contribution in [0.4, 0.5) is 4.39 Å². The Bertz CT molecular complexity index is 1580. The normalized spacial score (nSPS) is 17.1. The Morgan fingerprint density at radius 2 is 2.03 bits per heavy atom. The van der Waals surface area contributed by atoms with Crippen molar-refractivity contribution in [1.29, 1.82) is 5.26 Å². The molecule has 0 radical (unpaired) electrons. The summed E-state index contributed by atoms with van der Waals surface area (Å²) in [6.07, 6.45) is 3.16. The molecule has 174 valence electrons. The smallest absolute Gasteiger partial charge is 0.151 e. The Hall–Kier alpha value is -3.47. The maximum absolute atomic E-state index is 14.0. The van der Waals surface area contributed by atoms with Crippen molar-refractivity contribution >= 4 is 27.2 Å². The summed E-state index contributed by atoms with van der Waals surface area (Å²) >= 11 is 3.58. The molecule has 2 aromatic carbocycles. The molecule has 3 heterocycles. The van der Waals surface area contributed by atoms with E-state index < -0.39 is 11.9 Å². The van der Waals surface area contributed by atoms with E-state index in [0.29, 0.717) is 33.9 Å². The van der Waals surface area contributed by atoms with Crippen LogP contribution in [-0.4, -0.2) is 14.5 Å². The van der Waals surface area contributed by atoms with Gasteiger partial charge in [0, 0.05) is 34.9 Å². The van der Waals surface area contributed by atoms with Gasteiger partial charge in [0.05, 0.1) is 21.9 Å². The van der Waals surface area contributed by atoms with Gasteiger partial charge in [-0.3, -0.25) is 4.40 Å². The van der Waals surface area contributed by atoms with Gasteiger partial charge in [0.2, 0.25) is 0 Å². The number of benzene rings is 2. The van der Waals surface area contributed by atoms with Crippen molar-refractivity contribution in [2.24, 2.45) is 0 Å². The molecule has 7 heteroatoms. The molecule has 0 saturated heterocycles. The molecule has 6 rings (SSSR count). The van der Waals surface area contributed by atoms with E-state index in [9.17, 15) is 14.8 Å². The zero-order valence-electron chi connectivity index (χ0n) is 18.9. The van der Waals surface area contributed by atoms with Crippen molar-refractivity contribution in [2.75, 3.05) is 0 Å². The number of ether oxygens (including phenoxy) is 1. The Morgan fingerprint density at radius 1 is 1.23 bits per heavy atom. The number of halogens is 2. The number of aromatic nitrogens is 2. The minimum absolute atomic E-state index is 0.197. The lowest BCUT2D eigenvalue weighted by Crippen LogP contribution is -2.08. The molecule has 4 aromatic rings. The molecule has 1 aliphatic heterocycles. The van der Waals surface area contributed by atoms with Crippen LogP contribution in [-0.2, 0) is 6.61 Å². The fraction of sp³-hybridized carbons (Fsp3) is 0.214. The van der Waals surface area contributed by atoms with Crippen molar-refractivity contribution < 1.29 is 14.2 Å². The number of pyridine rings is 1. The summed E-state index contributed by atoms with van der Waals surface area (Å²) in [4.78, 5) is 4.86. The average Bonchev–Trinajstić information content (AvgIpc) is 3.65. The predicted molar refractivity (Wildman–Crippen MR) is 133 cm³/mol. The fourth-order valence-corrected chi connectivity index (χ4v) is 5.32. The molecular weight excluding hydrogens is 509 g/mol. The van der Waals surface area contributed by atoms with Gasteiger partial charge < -0.3 is 9.84 Å². The minimum Gasteiger partial charge on any atom is -0.488 e. The molecular formula is C28H21BrFN3O2. The molecule has 1 fully saturated rings. The molecule has 0 spiro atoms. The van der Waals surface area contributed by atoms with Crippen LogP contribution in [0.15, 0.2) is 64.8 Å². The number of hydrogen-bond acceptors (Lipinski definition) is 4. The van der Waals surface area contributed by atoms with Crippen LogP contribution < -0.4 is 4.74 Å². The van der Waals surface area contributed by atoms with Crippen molar-refractivity contribution in [3.05, 3.63) is 104 Å². The van der Waals surface area contributed by atoms with E-state index >= 15 is 0 Å². The lowest BCUT2D eigenvalue weighted by atomic mass is 9.89. The molecule has 1 aliphatic carbocycles. The monoisotopic (exact) mass is 529 g/mol. The summed E-state index contributed by atoms with van der Waals surface area (Å²) in [5, 5.41) is 21.3. The summed E-state index contributed by atoms with van der Waals surface area (Å²) in [5.74, 6) is 0.356. The third-order valence-electron chi connectivity index (χ3n) is 6.74. The minimum atomic E-state index is -0.896. The van der Waals surface area contributed by atoms with Crippen LogP contribution in [0, 0.1) is 17.1 Å². The molecule has 1 atom stereocenters. The van der Waals surface area contributed by atoms with E-state index in [2.05, 4.69) is 22.0 Å². The zero-order chi connectivity index (χ0) is 24.3. The van der Waals surface area contributed by atoms with Crippen molar-refractivity contribution in [1.82, 2.24) is 9.38 Å². The van der Waals surface area contributed by atoms with Gasteiger partial charge in [-0.1, -0.05) is 12.1 Å². The summed E-state index contributed by atoms with van der Waals surface area (Å²) in [7, 11) is 0. The van der Waals surface area contributed by atoms with E-state index in [4.69, 9.17) is 9.72 Å². The van der Waals surface area contributed by atoms with Gasteiger partial charge in [-0.25, -0.2) is 9.37 Å². The number of imidazole rings is 1. The van der Waals surface area contributed by atoms with Crippen LogP contribution in [0.3, 0.4) is 0 Å². The molecule has 0 bridgehead atoms. The van der Waals surface area contributed by atoms with Gasteiger partial charge in [-0.15, -0.1) is 0 Å². The first-order valence-electron chi connectivity index (χ1n) is 11.5. The van der Waals surface area contributed by atoms with Crippen molar-refractivity contribution in [3.8, 4) is 11.8 Å². The summed E-state index contributed by atoms with van der Waals surface area (Å²) in [6, 6.07) is 16.2. The Morgan fingerprint density at radius 3 is 2.80 bits per heavy atom. The SMILES string of the molecule is CC(C#N)=C1c2ccc(C(O)c3c(C4CC4)nc4c(Br)cccn34)cc2COc2cc(F)ccc21. The number of hydrogen-bond donors (Lipinski definition) is 1. The number of rotatable bonds is 3. The number of nitriles is 1. The number of aliphatic hydroxyl groups is 1. The first-order valence-corrected chi connectivity index (χ1v) is 12.3. The standard InChI is InChI=1S/C28H21BrFN3O2/c1-15(13-31)24-20-8-6-17(11-18(20)14-35-23-12-19(30)7-9-21(23)24)27(34)26-25(16-4-5-16)32-28-22(29)3-2-10-33(26)28/h2-3,6-12,16,27,34H,4-5,14H2,1H3. The molecule has 2 aliphatic rings. The van der Waals surface area contributed by atoms with E-state index in [-0.39, 0.29) is 6.61 Å². The average molecular weight is 530 g/mol. The molecule has 35 heavy (non-hydrogen) atoms. The Labute approximate surface area is 210 Å².